The van der Waals surface area contributed by atoms with Crippen LogP contribution in [0.3, 0.4) is 0 Å². The minimum atomic E-state index is -0.592. The molecule has 1 atom stereocenters. The van der Waals surface area contributed by atoms with Gasteiger partial charge in [0.05, 0.1) is 0 Å². The summed E-state index contributed by atoms with van der Waals surface area (Å²) in [4.78, 5) is 31.3. The number of hydrogen-bond donors (Lipinski definition) is 2. The van der Waals surface area contributed by atoms with Crippen molar-refractivity contribution in [2.75, 3.05) is 18.4 Å². The van der Waals surface area contributed by atoms with Crippen LogP contribution < -0.4 is 5.32 Å². The smallest absolute Gasteiger partial charge is 0.247 e. The van der Waals surface area contributed by atoms with E-state index in [0.717, 1.165) is 41.9 Å². The lowest BCUT2D eigenvalue weighted by atomic mass is 9.87. The van der Waals surface area contributed by atoms with E-state index in [9.17, 15) is 14.7 Å². The summed E-state index contributed by atoms with van der Waals surface area (Å²) in [5.74, 6) is 0.0337. The van der Waals surface area contributed by atoms with Crippen LogP contribution in [0.15, 0.2) is 24.3 Å². The fourth-order valence-electron chi connectivity index (χ4n) is 5.23. The highest BCUT2D eigenvalue weighted by Gasteiger charge is 2.39. The molecular formula is C29H39N3O3. The van der Waals surface area contributed by atoms with E-state index in [1.807, 2.05) is 41.5 Å². The zero-order chi connectivity index (χ0) is 25.5. The Balaban J connectivity index is 1.63. The Morgan fingerprint density at radius 2 is 1.71 bits per heavy atom. The topological polar surface area (TPSA) is 72.9 Å². The highest BCUT2D eigenvalue weighted by atomic mass is 16.3. The van der Waals surface area contributed by atoms with Crippen molar-refractivity contribution >= 4 is 17.5 Å². The van der Waals surface area contributed by atoms with E-state index < -0.39 is 11.5 Å². The molecule has 2 heterocycles. The summed E-state index contributed by atoms with van der Waals surface area (Å²) in [6.45, 7) is 14.9. The highest BCUT2D eigenvalue weighted by Crippen LogP contribution is 2.33. The number of amides is 2. The Morgan fingerprint density at radius 1 is 1.03 bits per heavy atom. The Labute approximate surface area is 209 Å². The van der Waals surface area contributed by atoms with E-state index >= 15 is 0 Å². The molecule has 6 heteroatoms. The third kappa shape index (κ3) is 5.22. The van der Waals surface area contributed by atoms with Crippen LogP contribution in [0.1, 0.15) is 67.0 Å². The number of aryl methyl sites for hydroxylation is 1. The Kier molecular flexibility index (Phi) is 6.96. The molecule has 2 aliphatic heterocycles. The average molecular weight is 478 g/mol. The van der Waals surface area contributed by atoms with Crippen molar-refractivity contribution in [3.63, 3.8) is 0 Å². The van der Waals surface area contributed by atoms with Crippen LogP contribution in [-0.2, 0) is 29.1 Å². The predicted octanol–water partition coefficient (Wildman–Crippen LogP) is 4.85. The molecule has 4 rings (SSSR count). The predicted molar refractivity (Wildman–Crippen MR) is 139 cm³/mol. The number of likely N-dealkylation sites (tertiary alicyclic amines) is 1. The van der Waals surface area contributed by atoms with Crippen LogP contribution in [0.4, 0.5) is 5.69 Å². The lowest BCUT2D eigenvalue weighted by Gasteiger charge is -2.39. The number of aromatic hydroxyl groups is 1. The lowest BCUT2D eigenvalue weighted by Crippen LogP contribution is -2.53. The summed E-state index contributed by atoms with van der Waals surface area (Å²) in [6.07, 6.45) is 3.01. The molecule has 0 radical (unpaired) electrons. The molecule has 1 fully saturated rings. The molecule has 2 aromatic carbocycles. The van der Waals surface area contributed by atoms with Gasteiger partial charge in [0, 0.05) is 30.6 Å². The Hall–Kier alpha value is -2.86. The van der Waals surface area contributed by atoms with Crippen molar-refractivity contribution in [2.45, 2.75) is 79.9 Å². The van der Waals surface area contributed by atoms with Crippen molar-refractivity contribution in [2.24, 2.45) is 5.41 Å². The summed E-state index contributed by atoms with van der Waals surface area (Å²) >= 11 is 0. The molecule has 2 amide bonds. The first kappa shape index (κ1) is 25.2. The molecule has 1 saturated heterocycles. The number of phenolic OH excluding ortho intramolecular Hbond substituents is 1. The molecule has 0 spiro atoms. The van der Waals surface area contributed by atoms with E-state index in [2.05, 4.69) is 28.4 Å². The second-order valence-electron chi connectivity index (χ2n) is 11.3. The van der Waals surface area contributed by atoms with Gasteiger partial charge in [0.25, 0.3) is 0 Å². The van der Waals surface area contributed by atoms with Gasteiger partial charge in [-0.05, 0) is 86.1 Å². The zero-order valence-electron chi connectivity index (χ0n) is 22.0. The molecular weight excluding hydrogens is 438 g/mol. The van der Waals surface area contributed by atoms with Gasteiger partial charge in [-0.25, -0.2) is 0 Å². The van der Waals surface area contributed by atoms with Crippen molar-refractivity contribution in [1.29, 1.82) is 0 Å². The number of anilines is 1. The van der Waals surface area contributed by atoms with Gasteiger partial charge >= 0.3 is 0 Å². The normalized spacial score (nSPS) is 18.5. The summed E-state index contributed by atoms with van der Waals surface area (Å²) in [5.41, 5.74) is 5.91. The Morgan fingerprint density at radius 3 is 2.37 bits per heavy atom. The number of phenols is 1. The van der Waals surface area contributed by atoms with Crippen LogP contribution in [-0.4, -0.2) is 45.9 Å². The van der Waals surface area contributed by atoms with Gasteiger partial charge in [0.2, 0.25) is 11.8 Å². The maximum Gasteiger partial charge on any atom is 0.247 e. The van der Waals surface area contributed by atoms with E-state index in [1.54, 1.807) is 11.0 Å². The maximum absolute atomic E-state index is 13.6. The molecule has 188 valence electrons. The first-order valence-electron chi connectivity index (χ1n) is 12.7. The van der Waals surface area contributed by atoms with E-state index in [1.165, 1.54) is 18.4 Å². The second-order valence-corrected chi connectivity index (χ2v) is 11.3. The van der Waals surface area contributed by atoms with E-state index in [-0.39, 0.29) is 17.6 Å². The third-order valence-corrected chi connectivity index (χ3v) is 7.52. The van der Waals surface area contributed by atoms with Crippen LogP contribution in [0.5, 0.6) is 5.75 Å². The number of rotatable bonds is 4. The first-order chi connectivity index (χ1) is 16.5. The molecule has 6 nitrogen and oxygen atoms in total. The third-order valence-electron chi connectivity index (χ3n) is 7.52. The Bertz CT molecular complexity index is 1140. The molecule has 2 aromatic rings. The SMILES string of the molecule is Cc1cc(NC(=O)[C@@H]2Cc3ccc(CN4CCCC4)cc3CN2C(=O)C(C)(C)C)c(C)c(C)c1O. The number of carbonyl (C=O) groups excluding carboxylic acids is 2. The standard InChI is InChI=1S/C29H39N3O3/c1-18-13-24(19(2)20(3)26(18)33)30-27(34)25-15-22-10-9-21(16-31-11-7-8-12-31)14-23(22)17-32(25)28(35)29(4,5)6/h9-10,13-14,25,33H,7-8,11-12,15-17H2,1-6H3,(H,30,34)/t25-/m0/s1. The van der Waals surface area contributed by atoms with E-state index in [0.29, 0.717) is 24.2 Å². The molecule has 0 saturated carbocycles. The number of hydrogen-bond acceptors (Lipinski definition) is 4. The van der Waals surface area contributed by atoms with Gasteiger partial charge in [-0.1, -0.05) is 39.0 Å². The number of nitrogens with one attached hydrogen (secondary N) is 1. The summed E-state index contributed by atoms with van der Waals surface area (Å²) in [7, 11) is 0. The molecule has 0 aromatic heterocycles. The largest absolute Gasteiger partial charge is 0.507 e. The van der Waals surface area contributed by atoms with Crippen LogP contribution in [0, 0.1) is 26.2 Å². The van der Waals surface area contributed by atoms with Gasteiger partial charge < -0.3 is 15.3 Å². The lowest BCUT2D eigenvalue weighted by molar-refractivity contribution is -0.146. The molecule has 2 N–H and O–H groups in total. The van der Waals surface area contributed by atoms with Crippen LogP contribution in [0.2, 0.25) is 0 Å². The molecule has 2 aliphatic rings. The number of nitrogens with zero attached hydrogens (tertiary/aromatic N) is 2. The second kappa shape index (κ2) is 9.65. The molecule has 0 bridgehead atoms. The minimum absolute atomic E-state index is 0.0250. The first-order valence-corrected chi connectivity index (χ1v) is 12.7. The maximum atomic E-state index is 13.6. The summed E-state index contributed by atoms with van der Waals surface area (Å²) < 4.78 is 0. The van der Waals surface area contributed by atoms with Crippen LogP contribution in [0.25, 0.3) is 0 Å². The average Bonchev–Trinajstić information content (AvgIpc) is 3.32. The van der Waals surface area contributed by atoms with Crippen molar-refractivity contribution in [3.8, 4) is 5.75 Å². The van der Waals surface area contributed by atoms with Crippen molar-refractivity contribution in [3.05, 3.63) is 57.6 Å². The van der Waals surface area contributed by atoms with Gasteiger partial charge in [-0.2, -0.15) is 0 Å². The number of carbonyl (C=O) groups is 2. The van der Waals surface area contributed by atoms with Crippen molar-refractivity contribution in [1.82, 2.24) is 9.80 Å². The molecule has 0 unspecified atom stereocenters. The molecule has 35 heavy (non-hydrogen) atoms. The summed E-state index contributed by atoms with van der Waals surface area (Å²) in [5, 5.41) is 13.3. The van der Waals surface area contributed by atoms with Gasteiger partial charge in [0.1, 0.15) is 11.8 Å². The summed E-state index contributed by atoms with van der Waals surface area (Å²) in [6, 6.07) is 7.74. The number of fused-ring (bicyclic) bond motifs is 1. The number of benzene rings is 2. The van der Waals surface area contributed by atoms with Gasteiger partial charge in [-0.3, -0.25) is 14.5 Å². The highest BCUT2D eigenvalue weighted by molar-refractivity contribution is 5.99. The molecule has 0 aliphatic carbocycles. The quantitative estimate of drug-likeness (QED) is 0.618. The van der Waals surface area contributed by atoms with E-state index in [4.69, 9.17) is 0 Å². The van der Waals surface area contributed by atoms with Gasteiger partial charge in [0.15, 0.2) is 0 Å². The fourth-order valence-corrected chi connectivity index (χ4v) is 5.23. The van der Waals surface area contributed by atoms with Gasteiger partial charge in [-0.15, -0.1) is 0 Å². The monoisotopic (exact) mass is 477 g/mol. The zero-order valence-corrected chi connectivity index (χ0v) is 22.0. The minimum Gasteiger partial charge on any atom is -0.507 e. The van der Waals surface area contributed by atoms with Crippen LogP contribution >= 0.6 is 0 Å². The van der Waals surface area contributed by atoms with Crippen molar-refractivity contribution < 1.29 is 14.7 Å². The fraction of sp³-hybridized carbons (Fsp3) is 0.517.